The van der Waals surface area contributed by atoms with E-state index in [4.69, 9.17) is 9.15 Å². The molecule has 4 rings (SSSR count). The molecule has 0 saturated heterocycles. The molecule has 136 valence electrons. The number of ether oxygens (including phenoxy) is 1. The van der Waals surface area contributed by atoms with Crippen molar-refractivity contribution in [3.8, 4) is 5.75 Å². The van der Waals surface area contributed by atoms with Crippen LogP contribution < -0.4 is 10.1 Å². The van der Waals surface area contributed by atoms with Gasteiger partial charge in [-0.05, 0) is 31.2 Å². The van der Waals surface area contributed by atoms with Crippen molar-refractivity contribution in [1.29, 1.82) is 0 Å². The van der Waals surface area contributed by atoms with Crippen molar-refractivity contribution in [3.63, 3.8) is 0 Å². The maximum Gasteiger partial charge on any atom is 0.237 e. The number of fused-ring (bicyclic) bond motifs is 3. The van der Waals surface area contributed by atoms with Gasteiger partial charge < -0.3 is 14.5 Å². The van der Waals surface area contributed by atoms with Crippen LogP contribution in [0.25, 0.3) is 21.9 Å². The number of anilines is 1. The van der Waals surface area contributed by atoms with Crippen molar-refractivity contribution in [1.82, 2.24) is 4.98 Å². The molecule has 0 spiro atoms. The van der Waals surface area contributed by atoms with E-state index in [2.05, 4.69) is 10.3 Å². The van der Waals surface area contributed by atoms with Crippen LogP contribution in [0.3, 0.4) is 0 Å². The van der Waals surface area contributed by atoms with E-state index in [0.29, 0.717) is 17.0 Å². The lowest BCUT2D eigenvalue weighted by molar-refractivity contribution is -0.115. The Bertz CT molecular complexity index is 1110. The van der Waals surface area contributed by atoms with E-state index in [9.17, 15) is 4.79 Å². The quantitative estimate of drug-likeness (QED) is 0.489. The molecular formula is C21H18N2O3S. The first kappa shape index (κ1) is 17.4. The number of rotatable bonds is 5. The molecule has 6 heteroatoms. The van der Waals surface area contributed by atoms with Crippen LogP contribution in [0.2, 0.25) is 0 Å². The Morgan fingerprint density at radius 3 is 2.70 bits per heavy atom. The smallest absolute Gasteiger partial charge is 0.237 e. The molecule has 0 saturated carbocycles. The van der Waals surface area contributed by atoms with E-state index in [0.717, 1.165) is 21.4 Å². The minimum atomic E-state index is -0.309. The highest BCUT2D eigenvalue weighted by Crippen LogP contribution is 2.36. The maximum atomic E-state index is 12.6. The van der Waals surface area contributed by atoms with Crippen molar-refractivity contribution in [2.45, 2.75) is 17.2 Å². The van der Waals surface area contributed by atoms with Gasteiger partial charge in [-0.2, -0.15) is 0 Å². The van der Waals surface area contributed by atoms with Crippen LogP contribution >= 0.6 is 11.8 Å². The summed E-state index contributed by atoms with van der Waals surface area (Å²) in [6, 6.07) is 17.2. The standard InChI is InChI=1S/C21H18N2O3S/c1-13(27-20-9-5-6-10-22-20)21(24)23-16-12-18-15(11-19(16)25-2)14-7-3-4-8-17(14)26-18/h3-13H,1-2H3,(H,23,24). The van der Waals surface area contributed by atoms with Gasteiger partial charge in [-0.25, -0.2) is 4.98 Å². The topological polar surface area (TPSA) is 64.4 Å². The summed E-state index contributed by atoms with van der Waals surface area (Å²) in [5, 5.41) is 5.41. The lowest BCUT2D eigenvalue weighted by Crippen LogP contribution is -2.22. The lowest BCUT2D eigenvalue weighted by Gasteiger charge is -2.14. The summed E-state index contributed by atoms with van der Waals surface area (Å²) in [5.74, 6) is 0.469. The second kappa shape index (κ2) is 7.32. The van der Waals surface area contributed by atoms with Gasteiger partial charge in [0.05, 0.1) is 23.1 Å². The molecule has 5 nitrogen and oxygen atoms in total. The Kier molecular flexibility index (Phi) is 4.73. The number of carbonyl (C=O) groups excluding carboxylic acids is 1. The van der Waals surface area contributed by atoms with E-state index in [1.807, 2.05) is 61.5 Å². The third kappa shape index (κ3) is 3.48. The van der Waals surface area contributed by atoms with E-state index in [1.54, 1.807) is 13.3 Å². The number of thioether (sulfide) groups is 1. The first-order chi connectivity index (χ1) is 13.2. The molecular weight excluding hydrogens is 360 g/mol. The molecule has 1 amide bonds. The second-order valence-electron chi connectivity index (χ2n) is 6.06. The minimum absolute atomic E-state index is 0.126. The Morgan fingerprint density at radius 2 is 1.93 bits per heavy atom. The third-order valence-corrected chi connectivity index (χ3v) is 5.31. The highest BCUT2D eigenvalue weighted by molar-refractivity contribution is 8.00. The van der Waals surface area contributed by atoms with Gasteiger partial charge in [-0.3, -0.25) is 4.79 Å². The van der Waals surface area contributed by atoms with Crippen LogP contribution in [0.15, 0.2) is 70.2 Å². The molecule has 0 bridgehead atoms. The van der Waals surface area contributed by atoms with Crippen LogP contribution in [0.1, 0.15) is 6.92 Å². The Hall–Kier alpha value is -2.99. The fourth-order valence-electron chi connectivity index (χ4n) is 2.90. The van der Waals surface area contributed by atoms with E-state index in [1.165, 1.54) is 11.8 Å². The maximum absolute atomic E-state index is 12.6. The van der Waals surface area contributed by atoms with Crippen LogP contribution in [0.4, 0.5) is 5.69 Å². The molecule has 1 atom stereocenters. The van der Waals surface area contributed by atoms with Gasteiger partial charge in [-0.15, -0.1) is 0 Å². The molecule has 2 aromatic heterocycles. The fraction of sp³-hybridized carbons (Fsp3) is 0.143. The average Bonchev–Trinajstić information content (AvgIpc) is 3.05. The predicted octanol–water partition coefficient (Wildman–Crippen LogP) is 5.11. The zero-order valence-electron chi connectivity index (χ0n) is 14.9. The number of furan rings is 1. The first-order valence-electron chi connectivity index (χ1n) is 8.53. The van der Waals surface area contributed by atoms with E-state index in [-0.39, 0.29) is 11.2 Å². The Morgan fingerprint density at radius 1 is 1.11 bits per heavy atom. The number of nitrogens with one attached hydrogen (secondary N) is 1. The number of pyridine rings is 1. The molecule has 0 radical (unpaired) electrons. The van der Waals surface area contributed by atoms with Gasteiger partial charge in [0.15, 0.2) is 0 Å². The normalized spacial score (nSPS) is 12.2. The summed E-state index contributed by atoms with van der Waals surface area (Å²) >= 11 is 1.40. The Balaban J connectivity index is 1.62. The van der Waals surface area contributed by atoms with Crippen LogP contribution in [0.5, 0.6) is 5.75 Å². The highest BCUT2D eigenvalue weighted by atomic mass is 32.2. The van der Waals surface area contributed by atoms with Crippen LogP contribution in [-0.2, 0) is 4.79 Å². The first-order valence-corrected chi connectivity index (χ1v) is 9.41. The molecule has 0 aliphatic rings. The largest absolute Gasteiger partial charge is 0.495 e. The molecule has 1 N–H and O–H groups in total. The molecule has 2 heterocycles. The molecule has 1 unspecified atom stereocenters. The van der Waals surface area contributed by atoms with Gasteiger partial charge >= 0.3 is 0 Å². The van der Waals surface area contributed by atoms with Crippen molar-refractivity contribution in [2.24, 2.45) is 0 Å². The fourth-order valence-corrected chi connectivity index (χ4v) is 3.71. The summed E-state index contributed by atoms with van der Waals surface area (Å²) in [6.07, 6.45) is 1.71. The van der Waals surface area contributed by atoms with Crippen LogP contribution in [0, 0.1) is 0 Å². The number of para-hydroxylation sites is 1. The summed E-state index contributed by atoms with van der Waals surface area (Å²) in [6.45, 7) is 1.85. The molecule has 0 fully saturated rings. The average molecular weight is 378 g/mol. The molecule has 0 aliphatic carbocycles. The van der Waals surface area contributed by atoms with Crippen LogP contribution in [-0.4, -0.2) is 23.3 Å². The van der Waals surface area contributed by atoms with Gasteiger partial charge in [-0.1, -0.05) is 36.0 Å². The van der Waals surface area contributed by atoms with Gasteiger partial charge in [0, 0.05) is 23.0 Å². The zero-order valence-corrected chi connectivity index (χ0v) is 15.7. The monoisotopic (exact) mass is 378 g/mol. The lowest BCUT2D eigenvalue weighted by atomic mass is 10.1. The second-order valence-corrected chi connectivity index (χ2v) is 7.43. The van der Waals surface area contributed by atoms with Crippen molar-refractivity contribution in [2.75, 3.05) is 12.4 Å². The summed E-state index contributed by atoms with van der Waals surface area (Å²) in [4.78, 5) is 16.9. The molecule has 4 aromatic rings. The summed E-state index contributed by atoms with van der Waals surface area (Å²) < 4.78 is 11.4. The van der Waals surface area contributed by atoms with Gasteiger partial charge in [0.2, 0.25) is 5.91 Å². The number of nitrogens with zero attached hydrogens (tertiary/aromatic N) is 1. The van der Waals surface area contributed by atoms with Gasteiger partial charge in [0.25, 0.3) is 0 Å². The highest BCUT2D eigenvalue weighted by Gasteiger charge is 2.18. The summed E-state index contributed by atoms with van der Waals surface area (Å²) in [7, 11) is 1.59. The van der Waals surface area contributed by atoms with Crippen molar-refractivity contribution in [3.05, 3.63) is 60.8 Å². The van der Waals surface area contributed by atoms with E-state index >= 15 is 0 Å². The number of amides is 1. The minimum Gasteiger partial charge on any atom is -0.495 e. The number of methoxy groups -OCH3 is 1. The number of benzene rings is 2. The third-order valence-electron chi connectivity index (χ3n) is 4.26. The number of aromatic nitrogens is 1. The number of hydrogen-bond donors (Lipinski definition) is 1. The van der Waals surface area contributed by atoms with Crippen molar-refractivity contribution >= 4 is 45.3 Å². The number of hydrogen-bond acceptors (Lipinski definition) is 5. The SMILES string of the molecule is COc1cc2c(cc1NC(=O)C(C)Sc1ccccn1)oc1ccccc12. The van der Waals surface area contributed by atoms with Crippen molar-refractivity contribution < 1.29 is 13.9 Å². The zero-order chi connectivity index (χ0) is 18.8. The number of carbonyl (C=O) groups is 1. The molecule has 2 aromatic carbocycles. The molecule has 0 aliphatic heterocycles. The molecule has 27 heavy (non-hydrogen) atoms. The predicted molar refractivity (Wildman–Crippen MR) is 108 cm³/mol. The Labute approximate surface area is 160 Å². The summed E-state index contributed by atoms with van der Waals surface area (Å²) in [5.41, 5.74) is 2.09. The van der Waals surface area contributed by atoms with Gasteiger partial charge in [0.1, 0.15) is 16.9 Å². The van der Waals surface area contributed by atoms with E-state index < -0.39 is 0 Å².